The van der Waals surface area contributed by atoms with Crippen LogP contribution in [0.3, 0.4) is 0 Å². The number of fused-ring (bicyclic) bond motifs is 11. The summed E-state index contributed by atoms with van der Waals surface area (Å²) in [6.07, 6.45) is 2.69. The van der Waals surface area contributed by atoms with Gasteiger partial charge in [-0.25, -0.2) is 4.98 Å². The predicted octanol–water partition coefficient (Wildman–Crippen LogP) is 10.8. The van der Waals surface area contributed by atoms with Crippen LogP contribution in [-0.4, -0.2) is 18.9 Å². The number of benzene rings is 6. The molecule has 0 radical (unpaired) electrons. The summed E-state index contributed by atoms with van der Waals surface area (Å²) in [4.78, 5) is 10.2. The van der Waals surface area contributed by atoms with Crippen LogP contribution in [-0.2, 0) is 26.8 Å². The molecule has 0 amide bonds. The summed E-state index contributed by atoms with van der Waals surface area (Å²) in [7, 11) is 0. The van der Waals surface area contributed by atoms with Gasteiger partial charge in [-0.3, -0.25) is 4.98 Å². The summed E-state index contributed by atoms with van der Waals surface area (Å²) in [5, 5.41) is 5.44. The molecule has 0 bridgehead atoms. The Kier molecular flexibility index (Phi) is 6.72. The van der Waals surface area contributed by atoms with Crippen molar-refractivity contribution in [3.63, 3.8) is 0 Å². The van der Waals surface area contributed by atoms with Crippen LogP contribution in [0.1, 0.15) is 11.1 Å². The monoisotopic (exact) mass is 744 g/mol. The Morgan fingerprint density at radius 2 is 1.29 bits per heavy atom. The molecule has 4 aromatic heterocycles. The second-order valence-electron chi connectivity index (χ2n) is 12.8. The average Bonchev–Trinajstić information content (AvgIpc) is 3.75. The van der Waals surface area contributed by atoms with Crippen LogP contribution < -0.4 is 4.74 Å². The number of imidazole rings is 1. The molecule has 10 aromatic rings. The van der Waals surface area contributed by atoms with Crippen LogP contribution in [0.2, 0.25) is 0 Å². The molecular weight excluding hydrogens is 719 g/mol. The van der Waals surface area contributed by atoms with E-state index in [2.05, 4.69) is 130 Å². The summed E-state index contributed by atoms with van der Waals surface area (Å²) >= 11 is 0. The largest absolute Gasteiger partial charge is 2.00 e. The zero-order valence-corrected chi connectivity index (χ0v) is 28.6. The van der Waals surface area contributed by atoms with E-state index < -0.39 is 0 Å². The van der Waals surface area contributed by atoms with Crippen LogP contribution >= 0.6 is 0 Å². The summed E-state index contributed by atoms with van der Waals surface area (Å²) in [5.41, 5.74) is 11.6. The van der Waals surface area contributed by atoms with Crippen molar-refractivity contribution in [3.05, 3.63) is 169 Å². The van der Waals surface area contributed by atoms with Crippen molar-refractivity contribution < 1.29 is 25.2 Å². The Morgan fingerprint density at radius 3 is 2.16 bits per heavy atom. The molecule has 5 heterocycles. The molecule has 0 fully saturated rings. The zero-order chi connectivity index (χ0) is 32.8. The van der Waals surface area contributed by atoms with E-state index in [1.165, 1.54) is 22.0 Å². The molecule has 0 aliphatic carbocycles. The summed E-state index contributed by atoms with van der Waals surface area (Å²) in [6.45, 7) is 0. The minimum Gasteiger partial charge on any atom is -0.503 e. The van der Waals surface area contributed by atoms with Gasteiger partial charge in [-0.2, -0.15) is 6.07 Å². The maximum Gasteiger partial charge on any atom is 2.00 e. The zero-order valence-electron chi connectivity index (χ0n) is 27.1. The first-order valence-corrected chi connectivity index (χ1v) is 16.8. The molecule has 0 N–H and O–H groups in total. The van der Waals surface area contributed by atoms with E-state index in [1.54, 1.807) is 0 Å². The van der Waals surface area contributed by atoms with Gasteiger partial charge >= 0.3 is 20.4 Å². The SMILES string of the molecule is [Pd+2].[c-]1c(Oc2[c-]c3c(cc2)c2ccccc2n2c(-c4ccccc4)c(-c4ccccc4)nc32)ccc2c1-n1c3ncccc3c3cccc(c31)C2. The van der Waals surface area contributed by atoms with Gasteiger partial charge in [0.1, 0.15) is 5.65 Å². The van der Waals surface area contributed by atoms with Crippen molar-refractivity contribution >= 4 is 49.3 Å². The smallest absolute Gasteiger partial charge is 0.503 e. The topological polar surface area (TPSA) is 44.4 Å². The molecule has 51 heavy (non-hydrogen) atoms. The van der Waals surface area contributed by atoms with Gasteiger partial charge in [0, 0.05) is 39.5 Å². The summed E-state index contributed by atoms with van der Waals surface area (Å²) < 4.78 is 11.1. The number of nitrogens with zero attached hydrogens (tertiary/aromatic N) is 4. The quantitative estimate of drug-likeness (QED) is 0.102. The maximum absolute atomic E-state index is 6.61. The van der Waals surface area contributed by atoms with Crippen LogP contribution in [0.25, 0.3) is 77.5 Å². The fourth-order valence-electron chi connectivity index (χ4n) is 7.86. The van der Waals surface area contributed by atoms with Crippen molar-refractivity contribution in [2.24, 2.45) is 0 Å². The van der Waals surface area contributed by atoms with Gasteiger partial charge in [-0.1, -0.05) is 120 Å². The second-order valence-corrected chi connectivity index (χ2v) is 12.8. The van der Waals surface area contributed by atoms with Crippen molar-refractivity contribution in [1.82, 2.24) is 18.9 Å². The minimum absolute atomic E-state index is 0. The second kappa shape index (κ2) is 11.5. The third-order valence-electron chi connectivity index (χ3n) is 9.99. The van der Waals surface area contributed by atoms with Gasteiger partial charge in [-0.05, 0) is 41.1 Å². The third kappa shape index (κ3) is 4.44. The Balaban J connectivity index is 0.00000327. The van der Waals surface area contributed by atoms with Crippen molar-refractivity contribution in [2.45, 2.75) is 6.42 Å². The Morgan fingerprint density at radius 1 is 0.569 bits per heavy atom. The van der Waals surface area contributed by atoms with Crippen LogP contribution in [0.4, 0.5) is 0 Å². The maximum atomic E-state index is 6.61. The molecule has 1 aliphatic rings. The molecule has 1 aliphatic heterocycles. The fraction of sp³-hybridized carbons (Fsp3) is 0.0222. The molecule has 0 atom stereocenters. The van der Waals surface area contributed by atoms with E-state index in [9.17, 15) is 0 Å². The summed E-state index contributed by atoms with van der Waals surface area (Å²) in [5.74, 6) is 1.23. The summed E-state index contributed by atoms with van der Waals surface area (Å²) in [6, 6.07) is 55.7. The Bertz CT molecular complexity index is 2980. The van der Waals surface area contributed by atoms with E-state index in [4.69, 9.17) is 14.7 Å². The van der Waals surface area contributed by atoms with Gasteiger partial charge in [-0.15, -0.1) is 29.8 Å². The third-order valence-corrected chi connectivity index (χ3v) is 9.99. The van der Waals surface area contributed by atoms with Gasteiger partial charge in [0.05, 0.1) is 22.6 Å². The number of ether oxygens (including phenoxy) is 1. The molecule has 11 rings (SSSR count). The van der Waals surface area contributed by atoms with Gasteiger partial charge in [0.15, 0.2) is 0 Å². The molecule has 0 saturated heterocycles. The first kappa shape index (κ1) is 29.8. The Labute approximate surface area is 307 Å². The van der Waals surface area contributed by atoms with Gasteiger partial charge in [0.2, 0.25) is 0 Å². The number of para-hydroxylation sites is 2. The number of hydrogen-bond donors (Lipinski definition) is 0. The van der Waals surface area contributed by atoms with Crippen molar-refractivity contribution in [1.29, 1.82) is 0 Å². The minimum atomic E-state index is 0. The molecule has 5 nitrogen and oxygen atoms in total. The molecule has 0 unspecified atom stereocenters. The first-order chi connectivity index (χ1) is 24.8. The van der Waals surface area contributed by atoms with Gasteiger partial charge < -0.3 is 13.7 Å². The van der Waals surface area contributed by atoms with E-state index in [1.807, 2.05) is 36.5 Å². The molecule has 0 spiro atoms. The average molecular weight is 745 g/mol. The van der Waals surface area contributed by atoms with Crippen LogP contribution in [0.5, 0.6) is 11.5 Å². The number of pyridine rings is 2. The molecule has 6 heteroatoms. The van der Waals surface area contributed by atoms with E-state index >= 15 is 0 Å². The van der Waals surface area contributed by atoms with Crippen molar-refractivity contribution in [2.75, 3.05) is 0 Å². The van der Waals surface area contributed by atoms with Crippen molar-refractivity contribution in [3.8, 4) is 39.7 Å². The molecule has 0 saturated carbocycles. The van der Waals surface area contributed by atoms with Crippen LogP contribution in [0.15, 0.2) is 146 Å². The number of aromatic nitrogens is 4. The molecule has 6 aromatic carbocycles. The standard InChI is InChI=1S/C45H26N4O.Pd/c1-3-11-28(12-4-1)41-43(29-13-5-2-6-14-29)48-39-19-8-7-16-35(39)34-23-22-32(26-38(34)45(48)47-41)50-33-21-20-30-25-31-15-9-17-36-37-18-10-24-46-44(37)49(42(31)36)40(30)27-33;/h1-24H,25H2;/q-2;+2. The molecule has 242 valence electrons. The fourth-order valence-corrected chi connectivity index (χ4v) is 7.86. The normalized spacial score (nSPS) is 12.1. The van der Waals surface area contributed by atoms with Gasteiger partial charge in [0.25, 0.3) is 0 Å². The molecular formula is C45H26N4OPd. The van der Waals surface area contributed by atoms with Crippen LogP contribution in [0, 0.1) is 12.1 Å². The first-order valence-electron chi connectivity index (χ1n) is 16.8. The van der Waals surface area contributed by atoms with E-state index in [-0.39, 0.29) is 20.4 Å². The predicted molar refractivity (Wildman–Crippen MR) is 200 cm³/mol. The van der Waals surface area contributed by atoms with E-state index in [0.717, 1.165) is 73.0 Å². The van der Waals surface area contributed by atoms with E-state index in [0.29, 0.717) is 11.5 Å². The Hall–Kier alpha value is -6.06. The number of hydrogen-bond acceptors (Lipinski definition) is 3. The number of rotatable bonds is 4.